The van der Waals surface area contributed by atoms with E-state index >= 15 is 0 Å². The maximum Gasteiger partial charge on any atom is 0.152 e. The first-order chi connectivity index (χ1) is 9.92. The van der Waals surface area contributed by atoms with Crippen LogP contribution in [0.3, 0.4) is 0 Å². The normalized spacial score (nSPS) is 24.5. The standard InChI is InChI=1S/C14H25N3O3S/c1-4-13-12(9-15-6-7-20-3)10-16-17(13)14(2)5-8-21(18,19)11-14/h10,15H,4-9,11H2,1-3H3. The second-order valence-electron chi connectivity index (χ2n) is 5.89. The average molecular weight is 315 g/mol. The molecule has 6 nitrogen and oxygen atoms in total. The molecule has 0 saturated carbocycles. The fourth-order valence-electron chi connectivity index (χ4n) is 2.96. The molecule has 1 unspecified atom stereocenters. The molecular weight excluding hydrogens is 290 g/mol. The summed E-state index contributed by atoms with van der Waals surface area (Å²) in [4.78, 5) is 0. The molecule has 0 amide bonds. The van der Waals surface area contributed by atoms with Gasteiger partial charge in [-0.1, -0.05) is 6.92 Å². The molecule has 1 atom stereocenters. The van der Waals surface area contributed by atoms with Crippen LogP contribution in [0, 0.1) is 0 Å². The van der Waals surface area contributed by atoms with Crippen molar-refractivity contribution in [3.8, 4) is 0 Å². The Morgan fingerprint density at radius 1 is 1.52 bits per heavy atom. The SMILES string of the molecule is CCc1c(CNCCOC)cnn1C1(C)CCS(=O)(=O)C1. The molecule has 7 heteroatoms. The van der Waals surface area contributed by atoms with Crippen LogP contribution in [0.15, 0.2) is 6.20 Å². The number of rotatable bonds is 7. The van der Waals surface area contributed by atoms with Crippen molar-refractivity contribution in [1.29, 1.82) is 0 Å². The van der Waals surface area contributed by atoms with Gasteiger partial charge in [0.05, 0.1) is 29.8 Å². The van der Waals surface area contributed by atoms with Gasteiger partial charge in [-0.3, -0.25) is 4.68 Å². The van der Waals surface area contributed by atoms with E-state index in [1.807, 2.05) is 17.8 Å². The summed E-state index contributed by atoms with van der Waals surface area (Å²) in [6.07, 6.45) is 3.34. The third-order valence-electron chi connectivity index (χ3n) is 4.08. The third kappa shape index (κ3) is 3.64. The first kappa shape index (κ1) is 16.5. The summed E-state index contributed by atoms with van der Waals surface area (Å²) in [5, 5.41) is 7.80. The highest BCUT2D eigenvalue weighted by Gasteiger charge is 2.41. The molecule has 0 bridgehead atoms. The van der Waals surface area contributed by atoms with Gasteiger partial charge in [0.15, 0.2) is 9.84 Å². The van der Waals surface area contributed by atoms with Crippen LogP contribution in [0.1, 0.15) is 31.5 Å². The van der Waals surface area contributed by atoms with Gasteiger partial charge in [-0.05, 0) is 19.8 Å². The Balaban J connectivity index is 2.16. The molecule has 1 fully saturated rings. The molecule has 21 heavy (non-hydrogen) atoms. The Morgan fingerprint density at radius 3 is 2.86 bits per heavy atom. The number of ether oxygens (including phenoxy) is 1. The Hall–Kier alpha value is -0.920. The number of hydrogen-bond acceptors (Lipinski definition) is 5. The van der Waals surface area contributed by atoms with Crippen LogP contribution < -0.4 is 5.32 Å². The van der Waals surface area contributed by atoms with Gasteiger partial charge in [0, 0.05) is 31.5 Å². The lowest BCUT2D eigenvalue weighted by Crippen LogP contribution is -2.34. The molecule has 1 saturated heterocycles. The average Bonchev–Trinajstić information content (AvgIpc) is 2.96. The Kier molecular flexibility index (Phi) is 5.06. The Morgan fingerprint density at radius 2 is 2.29 bits per heavy atom. The van der Waals surface area contributed by atoms with Crippen LogP contribution in [0.4, 0.5) is 0 Å². The van der Waals surface area contributed by atoms with Gasteiger partial charge in [0.25, 0.3) is 0 Å². The maximum atomic E-state index is 11.8. The minimum Gasteiger partial charge on any atom is -0.383 e. The molecule has 1 aliphatic heterocycles. The summed E-state index contributed by atoms with van der Waals surface area (Å²) in [5.41, 5.74) is 1.85. The number of nitrogens with zero attached hydrogens (tertiary/aromatic N) is 2. The summed E-state index contributed by atoms with van der Waals surface area (Å²) in [6.45, 7) is 6.27. The van der Waals surface area contributed by atoms with E-state index in [1.165, 1.54) is 0 Å². The summed E-state index contributed by atoms with van der Waals surface area (Å²) in [7, 11) is -1.26. The maximum absolute atomic E-state index is 11.8. The summed E-state index contributed by atoms with van der Waals surface area (Å²) >= 11 is 0. The van der Waals surface area contributed by atoms with Crippen molar-refractivity contribution in [2.45, 2.75) is 38.8 Å². The second-order valence-corrected chi connectivity index (χ2v) is 8.07. The van der Waals surface area contributed by atoms with E-state index in [0.717, 1.165) is 30.8 Å². The zero-order valence-corrected chi connectivity index (χ0v) is 13.9. The number of hydrogen-bond donors (Lipinski definition) is 1. The highest BCUT2D eigenvalue weighted by molar-refractivity contribution is 7.91. The van der Waals surface area contributed by atoms with Crippen molar-refractivity contribution >= 4 is 9.84 Å². The van der Waals surface area contributed by atoms with E-state index in [1.54, 1.807) is 7.11 Å². The second kappa shape index (κ2) is 6.46. The third-order valence-corrected chi connectivity index (χ3v) is 5.97. The number of sulfone groups is 1. The van der Waals surface area contributed by atoms with Gasteiger partial charge >= 0.3 is 0 Å². The van der Waals surface area contributed by atoms with Gasteiger partial charge in [-0.15, -0.1) is 0 Å². The van der Waals surface area contributed by atoms with Crippen LogP contribution in [-0.2, 0) is 33.1 Å². The van der Waals surface area contributed by atoms with Crippen molar-refractivity contribution in [2.24, 2.45) is 0 Å². The lowest BCUT2D eigenvalue weighted by Gasteiger charge is -2.25. The fourth-order valence-corrected chi connectivity index (χ4v) is 5.06. The molecule has 1 aromatic heterocycles. The quantitative estimate of drug-likeness (QED) is 0.751. The van der Waals surface area contributed by atoms with Crippen LogP contribution in [-0.4, -0.2) is 50.0 Å². The molecule has 0 aliphatic carbocycles. The van der Waals surface area contributed by atoms with Crippen molar-refractivity contribution < 1.29 is 13.2 Å². The van der Waals surface area contributed by atoms with Crippen LogP contribution in [0.25, 0.3) is 0 Å². The minimum absolute atomic E-state index is 0.186. The molecule has 1 aliphatic rings. The van der Waals surface area contributed by atoms with E-state index < -0.39 is 15.4 Å². The summed E-state index contributed by atoms with van der Waals surface area (Å²) in [5.74, 6) is 0.444. The molecule has 0 aromatic carbocycles. The van der Waals surface area contributed by atoms with Crippen LogP contribution >= 0.6 is 0 Å². The van der Waals surface area contributed by atoms with Crippen LogP contribution in [0.5, 0.6) is 0 Å². The van der Waals surface area contributed by atoms with E-state index in [0.29, 0.717) is 13.0 Å². The molecule has 0 spiro atoms. The van der Waals surface area contributed by atoms with Gasteiger partial charge in [-0.2, -0.15) is 5.10 Å². The van der Waals surface area contributed by atoms with E-state index in [-0.39, 0.29) is 11.5 Å². The summed E-state index contributed by atoms with van der Waals surface area (Å²) in [6, 6.07) is 0. The lowest BCUT2D eigenvalue weighted by atomic mass is 10.0. The highest BCUT2D eigenvalue weighted by atomic mass is 32.2. The molecule has 1 aromatic rings. The number of methoxy groups -OCH3 is 1. The minimum atomic E-state index is -2.94. The van der Waals surface area contributed by atoms with Gasteiger partial charge in [0.1, 0.15) is 0 Å². The molecule has 0 radical (unpaired) electrons. The topological polar surface area (TPSA) is 73.2 Å². The molecule has 1 N–H and O–H groups in total. The van der Waals surface area contributed by atoms with Crippen molar-refractivity contribution in [2.75, 3.05) is 31.8 Å². The zero-order chi connectivity index (χ0) is 15.5. The van der Waals surface area contributed by atoms with Gasteiger partial charge in [0.2, 0.25) is 0 Å². The highest BCUT2D eigenvalue weighted by Crippen LogP contribution is 2.32. The first-order valence-corrected chi connectivity index (χ1v) is 9.20. The zero-order valence-electron chi connectivity index (χ0n) is 13.1. The number of nitrogens with one attached hydrogen (secondary N) is 1. The predicted octanol–water partition coefficient (Wildman–Crippen LogP) is 0.715. The largest absolute Gasteiger partial charge is 0.383 e. The van der Waals surface area contributed by atoms with Crippen LogP contribution in [0.2, 0.25) is 0 Å². The molecule has 2 rings (SSSR count). The fraction of sp³-hybridized carbons (Fsp3) is 0.786. The smallest absolute Gasteiger partial charge is 0.152 e. The Bertz CT molecular complexity index is 582. The summed E-state index contributed by atoms with van der Waals surface area (Å²) < 4.78 is 30.6. The monoisotopic (exact) mass is 315 g/mol. The van der Waals surface area contributed by atoms with Gasteiger partial charge in [-0.25, -0.2) is 8.42 Å². The molecular formula is C14H25N3O3S. The molecule has 120 valence electrons. The first-order valence-electron chi connectivity index (χ1n) is 7.38. The predicted molar refractivity (Wildman–Crippen MR) is 82.1 cm³/mol. The van der Waals surface area contributed by atoms with E-state index in [9.17, 15) is 8.42 Å². The van der Waals surface area contributed by atoms with Crippen molar-refractivity contribution in [3.63, 3.8) is 0 Å². The Labute approximate surface area is 126 Å². The van der Waals surface area contributed by atoms with Crippen molar-refractivity contribution in [1.82, 2.24) is 15.1 Å². The van der Waals surface area contributed by atoms with Gasteiger partial charge < -0.3 is 10.1 Å². The lowest BCUT2D eigenvalue weighted by molar-refractivity contribution is 0.199. The van der Waals surface area contributed by atoms with Crippen molar-refractivity contribution in [3.05, 3.63) is 17.5 Å². The van der Waals surface area contributed by atoms with E-state index in [2.05, 4.69) is 17.3 Å². The van der Waals surface area contributed by atoms with E-state index in [4.69, 9.17) is 4.74 Å². The molecule has 2 heterocycles. The number of aromatic nitrogens is 2.